The molecule has 1 aliphatic heterocycles. The number of carbonyl (C=O) groups excluding carboxylic acids is 1. The zero-order valence-corrected chi connectivity index (χ0v) is 15.9. The summed E-state index contributed by atoms with van der Waals surface area (Å²) in [5, 5.41) is 0. The van der Waals surface area contributed by atoms with E-state index in [0.29, 0.717) is 12.2 Å². The predicted molar refractivity (Wildman–Crippen MR) is 105 cm³/mol. The topological polar surface area (TPSA) is 52.6 Å². The fourth-order valence-corrected chi connectivity index (χ4v) is 3.27. The highest BCUT2D eigenvalue weighted by Crippen LogP contribution is 2.19. The number of likely N-dealkylation sites (N-methyl/N-ethyl adjacent to an activating group) is 1. The number of rotatable bonds is 5. The summed E-state index contributed by atoms with van der Waals surface area (Å²) in [5.41, 5.74) is 2.39. The van der Waals surface area contributed by atoms with Gasteiger partial charge in [0, 0.05) is 38.4 Å². The number of benzene rings is 1. The Labute approximate surface area is 155 Å². The molecule has 0 atom stereocenters. The molecule has 1 aromatic heterocycles. The van der Waals surface area contributed by atoms with Crippen LogP contribution in [-0.4, -0.2) is 60.0 Å². The molecule has 1 aliphatic rings. The molecular formula is C20H27N5O. The van der Waals surface area contributed by atoms with Crippen LogP contribution in [0.3, 0.4) is 0 Å². The van der Waals surface area contributed by atoms with Crippen molar-refractivity contribution in [1.82, 2.24) is 14.9 Å². The molecule has 1 aromatic carbocycles. The maximum atomic E-state index is 12.9. The maximum Gasteiger partial charge on any atom is 0.278 e. The van der Waals surface area contributed by atoms with Gasteiger partial charge < -0.3 is 14.7 Å². The monoisotopic (exact) mass is 353 g/mol. The Bertz CT molecular complexity index is 738. The maximum absolute atomic E-state index is 12.9. The lowest BCUT2D eigenvalue weighted by Gasteiger charge is -2.34. The minimum absolute atomic E-state index is 0.118. The van der Waals surface area contributed by atoms with E-state index in [0.717, 1.165) is 49.8 Å². The van der Waals surface area contributed by atoms with Crippen molar-refractivity contribution in [3.05, 3.63) is 47.9 Å². The van der Waals surface area contributed by atoms with Gasteiger partial charge in [-0.1, -0.05) is 19.1 Å². The highest BCUT2D eigenvalue weighted by molar-refractivity contribution is 6.04. The first-order valence-corrected chi connectivity index (χ1v) is 9.30. The van der Waals surface area contributed by atoms with E-state index in [2.05, 4.69) is 26.7 Å². The Morgan fingerprint density at radius 2 is 1.88 bits per heavy atom. The highest BCUT2D eigenvalue weighted by Gasteiger charge is 2.20. The number of hydrogen-bond acceptors (Lipinski definition) is 5. The van der Waals surface area contributed by atoms with Crippen LogP contribution in [0.15, 0.2) is 36.7 Å². The Balaban J connectivity index is 1.72. The minimum atomic E-state index is -0.118. The van der Waals surface area contributed by atoms with Crippen molar-refractivity contribution in [2.45, 2.75) is 20.8 Å². The summed E-state index contributed by atoms with van der Waals surface area (Å²) in [6.45, 7) is 11.8. The van der Waals surface area contributed by atoms with Gasteiger partial charge >= 0.3 is 0 Å². The summed E-state index contributed by atoms with van der Waals surface area (Å²) in [5.74, 6) is 0.726. The number of carbonyl (C=O) groups is 1. The van der Waals surface area contributed by atoms with Gasteiger partial charge in [0.25, 0.3) is 5.91 Å². The van der Waals surface area contributed by atoms with Crippen LogP contribution in [0.4, 0.5) is 11.5 Å². The molecule has 6 heteroatoms. The second kappa shape index (κ2) is 8.27. The van der Waals surface area contributed by atoms with Gasteiger partial charge in [-0.2, -0.15) is 0 Å². The average Bonchev–Trinajstić information content (AvgIpc) is 2.69. The van der Waals surface area contributed by atoms with Crippen LogP contribution in [-0.2, 0) is 0 Å². The second-order valence-electron chi connectivity index (χ2n) is 6.57. The molecule has 1 amide bonds. The minimum Gasteiger partial charge on any atom is -0.353 e. The summed E-state index contributed by atoms with van der Waals surface area (Å²) in [6, 6.07) is 7.94. The van der Waals surface area contributed by atoms with E-state index in [1.165, 1.54) is 0 Å². The largest absolute Gasteiger partial charge is 0.353 e. The van der Waals surface area contributed by atoms with E-state index in [1.807, 2.05) is 38.1 Å². The summed E-state index contributed by atoms with van der Waals surface area (Å²) >= 11 is 0. The van der Waals surface area contributed by atoms with Crippen LogP contribution in [0.5, 0.6) is 0 Å². The normalized spacial score (nSPS) is 15.1. The van der Waals surface area contributed by atoms with Crippen molar-refractivity contribution in [2.75, 3.05) is 49.1 Å². The lowest BCUT2D eigenvalue weighted by atomic mass is 10.2. The predicted octanol–water partition coefficient (Wildman–Crippen LogP) is 2.59. The van der Waals surface area contributed by atoms with E-state index >= 15 is 0 Å². The SMILES string of the molecule is CCN1CCN(c2cnc(C(=O)N(CC)c3cccc(C)c3)cn2)CC1. The highest BCUT2D eigenvalue weighted by atomic mass is 16.2. The van der Waals surface area contributed by atoms with E-state index < -0.39 is 0 Å². The van der Waals surface area contributed by atoms with Crippen LogP contribution in [0, 0.1) is 6.92 Å². The van der Waals surface area contributed by atoms with Crippen molar-refractivity contribution in [3.8, 4) is 0 Å². The molecule has 1 fully saturated rings. The van der Waals surface area contributed by atoms with Crippen LogP contribution in [0.1, 0.15) is 29.9 Å². The lowest BCUT2D eigenvalue weighted by Crippen LogP contribution is -2.46. The molecule has 0 unspecified atom stereocenters. The molecule has 2 aromatic rings. The van der Waals surface area contributed by atoms with Gasteiger partial charge in [0.05, 0.1) is 12.4 Å². The first kappa shape index (κ1) is 18.3. The third-order valence-corrected chi connectivity index (χ3v) is 4.88. The molecule has 0 bridgehead atoms. The van der Waals surface area contributed by atoms with Crippen molar-refractivity contribution in [1.29, 1.82) is 0 Å². The molecule has 3 rings (SSSR count). The van der Waals surface area contributed by atoms with Gasteiger partial charge in [0.1, 0.15) is 11.5 Å². The van der Waals surface area contributed by atoms with E-state index in [1.54, 1.807) is 17.3 Å². The fourth-order valence-electron chi connectivity index (χ4n) is 3.27. The number of aryl methyl sites for hydroxylation is 1. The average molecular weight is 353 g/mol. The van der Waals surface area contributed by atoms with E-state index in [9.17, 15) is 4.79 Å². The first-order chi connectivity index (χ1) is 12.6. The number of piperazine rings is 1. The number of nitrogens with zero attached hydrogens (tertiary/aromatic N) is 5. The van der Waals surface area contributed by atoms with Crippen molar-refractivity contribution in [3.63, 3.8) is 0 Å². The molecule has 0 spiro atoms. The van der Waals surface area contributed by atoms with Crippen molar-refractivity contribution >= 4 is 17.4 Å². The van der Waals surface area contributed by atoms with Crippen LogP contribution >= 0.6 is 0 Å². The number of hydrogen-bond donors (Lipinski definition) is 0. The molecule has 6 nitrogen and oxygen atoms in total. The molecule has 0 N–H and O–H groups in total. The molecule has 0 radical (unpaired) electrons. The van der Waals surface area contributed by atoms with Crippen LogP contribution in [0.2, 0.25) is 0 Å². The molecule has 2 heterocycles. The summed E-state index contributed by atoms with van der Waals surface area (Å²) < 4.78 is 0. The molecule has 0 saturated carbocycles. The zero-order chi connectivity index (χ0) is 18.5. The zero-order valence-electron chi connectivity index (χ0n) is 15.9. The number of anilines is 2. The van der Waals surface area contributed by atoms with Gasteiger partial charge in [-0.25, -0.2) is 9.97 Å². The molecule has 1 saturated heterocycles. The van der Waals surface area contributed by atoms with Crippen molar-refractivity contribution < 1.29 is 4.79 Å². The fraction of sp³-hybridized carbons (Fsp3) is 0.450. The summed E-state index contributed by atoms with van der Waals surface area (Å²) in [6.07, 6.45) is 3.32. The van der Waals surface area contributed by atoms with E-state index in [-0.39, 0.29) is 5.91 Å². The molecule has 138 valence electrons. The Morgan fingerprint density at radius 3 is 2.46 bits per heavy atom. The summed E-state index contributed by atoms with van der Waals surface area (Å²) in [4.78, 5) is 28.1. The lowest BCUT2D eigenvalue weighted by molar-refractivity contribution is 0.0983. The summed E-state index contributed by atoms with van der Waals surface area (Å²) in [7, 11) is 0. The van der Waals surface area contributed by atoms with Gasteiger partial charge in [0.2, 0.25) is 0 Å². The van der Waals surface area contributed by atoms with Gasteiger partial charge in [-0.15, -0.1) is 0 Å². The van der Waals surface area contributed by atoms with Gasteiger partial charge in [-0.3, -0.25) is 4.79 Å². The van der Waals surface area contributed by atoms with Crippen LogP contribution in [0.25, 0.3) is 0 Å². The van der Waals surface area contributed by atoms with Gasteiger partial charge in [0.15, 0.2) is 0 Å². The molecular weight excluding hydrogens is 326 g/mol. The number of amides is 1. The Morgan fingerprint density at radius 1 is 1.12 bits per heavy atom. The standard InChI is InChI=1S/C20H27N5O/c1-4-23-9-11-24(12-10-23)19-15-21-18(14-22-19)20(26)25(5-2)17-8-6-7-16(3)13-17/h6-8,13-15H,4-5,9-12H2,1-3H3. The third-order valence-electron chi connectivity index (χ3n) is 4.88. The second-order valence-corrected chi connectivity index (χ2v) is 6.57. The first-order valence-electron chi connectivity index (χ1n) is 9.30. The molecule has 26 heavy (non-hydrogen) atoms. The van der Waals surface area contributed by atoms with Crippen LogP contribution < -0.4 is 9.80 Å². The Hall–Kier alpha value is -2.47. The third kappa shape index (κ3) is 4.02. The number of aromatic nitrogens is 2. The van der Waals surface area contributed by atoms with Crippen molar-refractivity contribution in [2.24, 2.45) is 0 Å². The molecule has 0 aliphatic carbocycles. The quantitative estimate of drug-likeness (QED) is 0.827. The smallest absolute Gasteiger partial charge is 0.278 e. The Kier molecular flexibility index (Phi) is 5.83. The van der Waals surface area contributed by atoms with Gasteiger partial charge in [-0.05, 0) is 38.1 Å². The van der Waals surface area contributed by atoms with E-state index in [4.69, 9.17) is 0 Å².